The van der Waals surface area contributed by atoms with Crippen molar-refractivity contribution in [2.45, 2.75) is 0 Å². The van der Waals surface area contributed by atoms with Gasteiger partial charge in [-0.3, -0.25) is 4.79 Å². The number of hydrogen-bond donors (Lipinski definition) is 1. The van der Waals surface area contributed by atoms with Crippen LogP contribution in [0.4, 0.5) is 11.4 Å². The molecule has 27 heavy (non-hydrogen) atoms. The molecule has 1 fully saturated rings. The zero-order chi connectivity index (χ0) is 18.8. The fourth-order valence-electron chi connectivity index (χ4n) is 3.31. The molecule has 1 aliphatic rings. The van der Waals surface area contributed by atoms with Crippen LogP contribution in [0.25, 0.3) is 10.8 Å². The Morgan fingerprint density at radius 1 is 1.04 bits per heavy atom. The minimum absolute atomic E-state index is 0.158. The Balaban J connectivity index is 1.58. The van der Waals surface area contributed by atoms with Gasteiger partial charge in [-0.1, -0.05) is 51.8 Å². The number of nitrogens with one attached hydrogen (secondary N) is 1. The molecule has 3 aromatic rings. The number of amides is 1. The second-order valence-electron chi connectivity index (χ2n) is 6.36. The van der Waals surface area contributed by atoms with Gasteiger partial charge < -0.3 is 15.0 Å². The number of morpholine rings is 1. The highest BCUT2D eigenvalue weighted by Crippen LogP contribution is 2.31. The third kappa shape index (κ3) is 3.81. The van der Waals surface area contributed by atoms with E-state index < -0.39 is 0 Å². The molecule has 6 heteroatoms. The summed E-state index contributed by atoms with van der Waals surface area (Å²) in [5, 5.41) is 5.49. The quantitative estimate of drug-likeness (QED) is 0.591. The van der Waals surface area contributed by atoms with Gasteiger partial charge in [-0.25, -0.2) is 0 Å². The van der Waals surface area contributed by atoms with Crippen LogP contribution in [0.3, 0.4) is 0 Å². The van der Waals surface area contributed by atoms with Crippen molar-refractivity contribution < 1.29 is 9.53 Å². The molecule has 4 nitrogen and oxygen atoms in total. The normalized spacial score (nSPS) is 14.4. The average molecular weight is 446 g/mol. The molecule has 3 aromatic carbocycles. The van der Waals surface area contributed by atoms with E-state index in [9.17, 15) is 4.79 Å². The van der Waals surface area contributed by atoms with E-state index in [4.69, 9.17) is 16.3 Å². The number of ether oxygens (including phenoxy) is 1. The predicted molar refractivity (Wildman–Crippen MR) is 114 cm³/mol. The monoisotopic (exact) mass is 444 g/mol. The Labute approximate surface area is 171 Å². The van der Waals surface area contributed by atoms with Crippen molar-refractivity contribution in [1.82, 2.24) is 0 Å². The van der Waals surface area contributed by atoms with E-state index >= 15 is 0 Å². The minimum Gasteiger partial charge on any atom is -0.378 e. The first-order chi connectivity index (χ1) is 13.1. The molecule has 138 valence electrons. The number of anilines is 2. The molecule has 0 saturated carbocycles. The number of fused-ring (bicyclic) bond motifs is 1. The molecule has 0 spiro atoms. The highest BCUT2D eigenvalue weighted by Gasteiger charge is 2.16. The van der Waals surface area contributed by atoms with Crippen molar-refractivity contribution in [3.05, 3.63) is 69.7 Å². The summed E-state index contributed by atoms with van der Waals surface area (Å²) in [6.45, 7) is 3.03. The number of benzene rings is 3. The molecule has 1 amide bonds. The molecule has 0 aliphatic carbocycles. The van der Waals surface area contributed by atoms with Gasteiger partial charge in [0.25, 0.3) is 5.91 Å². The molecule has 4 rings (SSSR count). The summed E-state index contributed by atoms with van der Waals surface area (Å²) in [7, 11) is 0. The summed E-state index contributed by atoms with van der Waals surface area (Å²) in [6, 6.07) is 17.2. The zero-order valence-corrected chi connectivity index (χ0v) is 16.9. The maximum absolute atomic E-state index is 12.8. The maximum Gasteiger partial charge on any atom is 0.256 e. The second-order valence-corrected chi connectivity index (χ2v) is 7.62. The Kier molecular flexibility index (Phi) is 5.34. The lowest BCUT2D eigenvalue weighted by atomic mass is 10.0. The van der Waals surface area contributed by atoms with E-state index in [0.717, 1.165) is 34.0 Å². The fourth-order valence-corrected chi connectivity index (χ4v) is 4.11. The van der Waals surface area contributed by atoms with Crippen LogP contribution in [0.1, 0.15) is 10.4 Å². The van der Waals surface area contributed by atoms with Crippen molar-refractivity contribution in [3.8, 4) is 0 Å². The molecule has 0 radical (unpaired) electrons. The van der Waals surface area contributed by atoms with Crippen LogP contribution in [0.5, 0.6) is 0 Å². The van der Waals surface area contributed by atoms with E-state index in [0.29, 0.717) is 29.5 Å². The molecular formula is C21H18BrClN2O2. The van der Waals surface area contributed by atoms with E-state index in [2.05, 4.69) is 26.1 Å². The Morgan fingerprint density at radius 3 is 2.56 bits per heavy atom. The number of rotatable bonds is 3. The number of hydrogen-bond acceptors (Lipinski definition) is 3. The molecule has 0 bridgehead atoms. The highest BCUT2D eigenvalue weighted by molar-refractivity contribution is 9.10. The van der Waals surface area contributed by atoms with Crippen LogP contribution in [0.2, 0.25) is 5.02 Å². The average Bonchev–Trinajstić information content (AvgIpc) is 2.69. The van der Waals surface area contributed by atoms with Gasteiger partial charge in [0.15, 0.2) is 0 Å². The SMILES string of the molecule is O=C(Nc1ccc(N2CCOCC2)c(Cl)c1)c1cccc2c(Br)cccc12. The van der Waals surface area contributed by atoms with Crippen LogP contribution in [0.15, 0.2) is 59.1 Å². The largest absolute Gasteiger partial charge is 0.378 e. The van der Waals surface area contributed by atoms with Gasteiger partial charge in [0.1, 0.15) is 0 Å². The predicted octanol–water partition coefficient (Wildman–Crippen LogP) is 5.34. The number of carbonyl (C=O) groups excluding carboxylic acids is 1. The lowest BCUT2D eigenvalue weighted by molar-refractivity contribution is 0.102. The highest BCUT2D eigenvalue weighted by atomic mass is 79.9. The molecule has 0 unspecified atom stereocenters. The van der Waals surface area contributed by atoms with Crippen molar-refractivity contribution >= 4 is 55.6 Å². The van der Waals surface area contributed by atoms with Crippen LogP contribution >= 0.6 is 27.5 Å². The first-order valence-corrected chi connectivity index (χ1v) is 9.91. The fraction of sp³-hybridized carbons (Fsp3) is 0.190. The van der Waals surface area contributed by atoms with Gasteiger partial charge in [-0.2, -0.15) is 0 Å². The first kappa shape index (κ1) is 18.3. The second kappa shape index (κ2) is 7.89. The zero-order valence-electron chi connectivity index (χ0n) is 14.5. The third-order valence-electron chi connectivity index (χ3n) is 4.67. The summed E-state index contributed by atoms with van der Waals surface area (Å²) in [5.41, 5.74) is 2.27. The van der Waals surface area contributed by atoms with Gasteiger partial charge >= 0.3 is 0 Å². The molecule has 1 N–H and O–H groups in total. The van der Waals surface area contributed by atoms with E-state index in [-0.39, 0.29) is 5.91 Å². The molecular weight excluding hydrogens is 428 g/mol. The summed E-state index contributed by atoms with van der Waals surface area (Å²) in [5.74, 6) is -0.158. The van der Waals surface area contributed by atoms with Gasteiger partial charge in [-0.05, 0) is 41.1 Å². The number of nitrogens with zero attached hydrogens (tertiary/aromatic N) is 1. The summed E-state index contributed by atoms with van der Waals surface area (Å²) < 4.78 is 6.35. The lowest BCUT2D eigenvalue weighted by Gasteiger charge is -2.29. The topological polar surface area (TPSA) is 41.6 Å². The maximum atomic E-state index is 12.8. The minimum atomic E-state index is -0.158. The Bertz CT molecular complexity index is 1000. The van der Waals surface area contributed by atoms with Gasteiger partial charge in [-0.15, -0.1) is 0 Å². The van der Waals surface area contributed by atoms with Gasteiger partial charge in [0, 0.05) is 28.8 Å². The van der Waals surface area contributed by atoms with E-state index in [1.807, 2.05) is 48.5 Å². The summed E-state index contributed by atoms with van der Waals surface area (Å²) >= 11 is 10.0. The Morgan fingerprint density at radius 2 is 1.78 bits per heavy atom. The standard InChI is InChI=1S/C21H18BrClN2O2/c22-18-6-2-3-15-16(18)4-1-5-17(15)21(26)24-14-7-8-20(19(23)13-14)25-9-11-27-12-10-25/h1-8,13H,9-12H2,(H,24,26). The lowest BCUT2D eigenvalue weighted by Crippen LogP contribution is -2.36. The Hall–Kier alpha value is -2.08. The number of carbonyl (C=O) groups is 1. The first-order valence-electron chi connectivity index (χ1n) is 8.74. The van der Waals surface area contributed by atoms with E-state index in [1.54, 1.807) is 6.07 Å². The summed E-state index contributed by atoms with van der Waals surface area (Å²) in [4.78, 5) is 15.0. The number of halogens is 2. The van der Waals surface area contributed by atoms with Crippen LogP contribution in [-0.4, -0.2) is 32.2 Å². The smallest absolute Gasteiger partial charge is 0.256 e. The van der Waals surface area contributed by atoms with Crippen molar-refractivity contribution in [3.63, 3.8) is 0 Å². The van der Waals surface area contributed by atoms with Crippen LogP contribution in [-0.2, 0) is 4.74 Å². The van der Waals surface area contributed by atoms with Crippen molar-refractivity contribution in [2.24, 2.45) is 0 Å². The van der Waals surface area contributed by atoms with Crippen molar-refractivity contribution in [1.29, 1.82) is 0 Å². The van der Waals surface area contributed by atoms with Gasteiger partial charge in [0.2, 0.25) is 0 Å². The molecule has 1 saturated heterocycles. The molecule has 0 aromatic heterocycles. The third-order valence-corrected chi connectivity index (χ3v) is 5.67. The summed E-state index contributed by atoms with van der Waals surface area (Å²) in [6.07, 6.45) is 0. The van der Waals surface area contributed by atoms with Crippen LogP contribution in [0, 0.1) is 0 Å². The van der Waals surface area contributed by atoms with E-state index in [1.165, 1.54) is 0 Å². The van der Waals surface area contributed by atoms with Crippen molar-refractivity contribution in [2.75, 3.05) is 36.5 Å². The van der Waals surface area contributed by atoms with Crippen LogP contribution < -0.4 is 10.2 Å². The molecule has 1 heterocycles. The molecule has 0 atom stereocenters. The molecule has 1 aliphatic heterocycles. The van der Waals surface area contributed by atoms with Gasteiger partial charge in [0.05, 0.1) is 23.9 Å².